The van der Waals surface area contributed by atoms with Crippen molar-refractivity contribution in [1.29, 1.82) is 0 Å². The molecule has 6 heteroatoms. The molecule has 2 amide bonds. The second-order valence-corrected chi connectivity index (χ2v) is 5.59. The molecule has 0 aliphatic rings. The van der Waals surface area contributed by atoms with Gasteiger partial charge in [0.2, 0.25) is 11.8 Å². The number of anilines is 1. The highest BCUT2D eigenvalue weighted by molar-refractivity contribution is 5.91. The van der Waals surface area contributed by atoms with Crippen molar-refractivity contribution in [2.24, 2.45) is 0 Å². The highest BCUT2D eigenvalue weighted by Crippen LogP contribution is 2.15. The molecule has 0 radical (unpaired) electrons. The third-order valence-corrected chi connectivity index (χ3v) is 3.71. The number of carbonyl (C=O) groups excluding carboxylic acids is 2. The number of halogens is 1. The normalized spacial score (nSPS) is 10.2. The van der Waals surface area contributed by atoms with Gasteiger partial charge in [-0.1, -0.05) is 12.1 Å². The van der Waals surface area contributed by atoms with Crippen LogP contribution in [0.5, 0.6) is 5.75 Å². The molecule has 2 aromatic carbocycles. The molecule has 0 aliphatic carbocycles. The molecule has 0 aliphatic heterocycles. The summed E-state index contributed by atoms with van der Waals surface area (Å²) in [4.78, 5) is 25.4. The maximum absolute atomic E-state index is 12.9. The summed E-state index contributed by atoms with van der Waals surface area (Å²) < 4.78 is 18.0. The number of hydrogen-bond donors (Lipinski definition) is 1. The third-order valence-electron chi connectivity index (χ3n) is 3.71. The first-order valence-electron chi connectivity index (χ1n) is 7.92. The Hall–Kier alpha value is -2.89. The van der Waals surface area contributed by atoms with Gasteiger partial charge in [0.1, 0.15) is 11.6 Å². The number of amides is 2. The van der Waals surface area contributed by atoms with Gasteiger partial charge in [0.25, 0.3) is 0 Å². The number of methoxy groups -OCH3 is 1. The number of carbonyl (C=O) groups is 2. The SMILES string of the molecule is COc1ccc(NC(=O)CCN(Cc2ccc(F)cc2)C(C)=O)cc1. The van der Waals surface area contributed by atoms with Crippen LogP contribution in [0.3, 0.4) is 0 Å². The number of nitrogens with zero attached hydrogens (tertiary/aromatic N) is 1. The van der Waals surface area contributed by atoms with Gasteiger partial charge < -0.3 is 15.0 Å². The van der Waals surface area contributed by atoms with Gasteiger partial charge in [0, 0.05) is 32.1 Å². The highest BCUT2D eigenvalue weighted by atomic mass is 19.1. The van der Waals surface area contributed by atoms with Crippen LogP contribution < -0.4 is 10.1 Å². The summed E-state index contributed by atoms with van der Waals surface area (Å²) in [5, 5.41) is 2.78. The highest BCUT2D eigenvalue weighted by Gasteiger charge is 2.12. The van der Waals surface area contributed by atoms with E-state index in [1.54, 1.807) is 48.4 Å². The molecule has 0 spiro atoms. The van der Waals surface area contributed by atoms with E-state index in [1.807, 2.05) is 0 Å². The number of rotatable bonds is 7. The van der Waals surface area contributed by atoms with E-state index in [-0.39, 0.29) is 30.6 Å². The van der Waals surface area contributed by atoms with E-state index < -0.39 is 0 Å². The average Bonchev–Trinajstić information content (AvgIpc) is 2.60. The lowest BCUT2D eigenvalue weighted by atomic mass is 10.2. The second kappa shape index (κ2) is 8.82. The summed E-state index contributed by atoms with van der Waals surface area (Å²) in [5.41, 5.74) is 1.48. The molecule has 0 fully saturated rings. The zero-order chi connectivity index (χ0) is 18.2. The van der Waals surface area contributed by atoms with Crippen LogP contribution in [0.25, 0.3) is 0 Å². The number of nitrogens with one attached hydrogen (secondary N) is 1. The predicted molar refractivity (Wildman–Crippen MR) is 93.7 cm³/mol. The number of ether oxygens (including phenoxy) is 1. The monoisotopic (exact) mass is 344 g/mol. The molecule has 0 unspecified atom stereocenters. The van der Waals surface area contributed by atoms with E-state index in [4.69, 9.17) is 4.74 Å². The van der Waals surface area contributed by atoms with Crippen molar-refractivity contribution in [2.75, 3.05) is 19.0 Å². The first kappa shape index (κ1) is 18.4. The molecule has 2 aromatic rings. The maximum Gasteiger partial charge on any atom is 0.226 e. The Kier molecular flexibility index (Phi) is 6.51. The van der Waals surface area contributed by atoms with E-state index in [1.165, 1.54) is 19.1 Å². The van der Waals surface area contributed by atoms with Crippen molar-refractivity contribution in [1.82, 2.24) is 4.90 Å². The summed E-state index contributed by atoms with van der Waals surface area (Å²) in [5.74, 6) is 0.0640. The van der Waals surface area contributed by atoms with E-state index in [0.717, 1.165) is 5.56 Å². The number of hydrogen-bond acceptors (Lipinski definition) is 3. The molecule has 2 rings (SSSR count). The molecule has 0 saturated carbocycles. The molecule has 1 N–H and O–H groups in total. The minimum absolute atomic E-state index is 0.137. The Bertz CT molecular complexity index is 714. The van der Waals surface area contributed by atoms with Crippen LogP contribution in [0.15, 0.2) is 48.5 Å². The second-order valence-electron chi connectivity index (χ2n) is 5.59. The fourth-order valence-corrected chi connectivity index (χ4v) is 2.29. The first-order valence-corrected chi connectivity index (χ1v) is 7.92. The van der Waals surface area contributed by atoms with Crippen LogP contribution in [0.2, 0.25) is 0 Å². The number of benzene rings is 2. The minimum Gasteiger partial charge on any atom is -0.497 e. The molecule has 5 nitrogen and oxygen atoms in total. The molecule has 0 saturated heterocycles. The molecule has 0 bridgehead atoms. The quantitative estimate of drug-likeness (QED) is 0.839. The summed E-state index contributed by atoms with van der Waals surface area (Å²) in [7, 11) is 1.57. The molecule has 25 heavy (non-hydrogen) atoms. The van der Waals surface area contributed by atoms with Crippen molar-refractivity contribution < 1.29 is 18.7 Å². The summed E-state index contributed by atoms with van der Waals surface area (Å²) >= 11 is 0. The van der Waals surface area contributed by atoms with Crippen LogP contribution in [-0.2, 0) is 16.1 Å². The third kappa shape index (κ3) is 5.91. The van der Waals surface area contributed by atoms with Crippen LogP contribution in [0, 0.1) is 5.82 Å². The van der Waals surface area contributed by atoms with Gasteiger partial charge in [-0.25, -0.2) is 4.39 Å². The minimum atomic E-state index is -0.322. The smallest absolute Gasteiger partial charge is 0.226 e. The zero-order valence-corrected chi connectivity index (χ0v) is 14.3. The van der Waals surface area contributed by atoms with Crippen LogP contribution in [0.1, 0.15) is 18.9 Å². The predicted octanol–water partition coefficient (Wildman–Crippen LogP) is 3.21. The van der Waals surface area contributed by atoms with Crippen molar-refractivity contribution in [3.63, 3.8) is 0 Å². The van der Waals surface area contributed by atoms with Gasteiger partial charge in [-0.15, -0.1) is 0 Å². The van der Waals surface area contributed by atoms with Gasteiger partial charge in [-0.3, -0.25) is 9.59 Å². The van der Waals surface area contributed by atoms with E-state index >= 15 is 0 Å². The van der Waals surface area contributed by atoms with E-state index in [0.29, 0.717) is 18.0 Å². The molecule has 0 aromatic heterocycles. The van der Waals surface area contributed by atoms with Crippen molar-refractivity contribution in [3.05, 3.63) is 59.9 Å². The zero-order valence-electron chi connectivity index (χ0n) is 14.3. The van der Waals surface area contributed by atoms with Gasteiger partial charge in [-0.2, -0.15) is 0 Å². The Morgan fingerprint density at radius 2 is 1.72 bits per heavy atom. The summed E-state index contributed by atoms with van der Waals surface area (Å²) in [6.45, 7) is 2.07. The summed E-state index contributed by atoms with van der Waals surface area (Å²) in [6.07, 6.45) is 0.173. The average molecular weight is 344 g/mol. The van der Waals surface area contributed by atoms with Crippen molar-refractivity contribution in [2.45, 2.75) is 19.9 Å². The Balaban J connectivity index is 1.87. The van der Waals surface area contributed by atoms with Crippen molar-refractivity contribution in [3.8, 4) is 5.75 Å². The lowest BCUT2D eigenvalue weighted by molar-refractivity contribution is -0.129. The molecular formula is C19H21FN2O3. The molecule has 0 heterocycles. The lowest BCUT2D eigenvalue weighted by Crippen LogP contribution is -2.31. The maximum atomic E-state index is 12.9. The van der Waals surface area contributed by atoms with Gasteiger partial charge >= 0.3 is 0 Å². The topological polar surface area (TPSA) is 58.6 Å². The van der Waals surface area contributed by atoms with Gasteiger partial charge in [0.05, 0.1) is 7.11 Å². The first-order chi connectivity index (χ1) is 12.0. The lowest BCUT2D eigenvalue weighted by Gasteiger charge is -2.21. The van der Waals surface area contributed by atoms with Crippen LogP contribution in [0.4, 0.5) is 10.1 Å². The Morgan fingerprint density at radius 3 is 2.28 bits per heavy atom. The fraction of sp³-hybridized carbons (Fsp3) is 0.263. The largest absolute Gasteiger partial charge is 0.497 e. The van der Waals surface area contributed by atoms with Crippen molar-refractivity contribution >= 4 is 17.5 Å². The van der Waals surface area contributed by atoms with E-state index in [2.05, 4.69) is 5.32 Å². The standard InChI is InChI=1S/C19H21FN2O3/c1-14(23)22(13-15-3-5-16(20)6-4-15)12-11-19(24)21-17-7-9-18(25-2)10-8-17/h3-10H,11-13H2,1-2H3,(H,21,24). The van der Waals surface area contributed by atoms with Gasteiger partial charge in [-0.05, 0) is 42.0 Å². The Labute approximate surface area is 146 Å². The molecule has 132 valence electrons. The van der Waals surface area contributed by atoms with Crippen LogP contribution in [-0.4, -0.2) is 30.4 Å². The van der Waals surface area contributed by atoms with Gasteiger partial charge in [0.15, 0.2) is 0 Å². The summed E-state index contributed by atoms with van der Waals surface area (Å²) in [6, 6.07) is 13.0. The van der Waals surface area contributed by atoms with Crippen LogP contribution >= 0.6 is 0 Å². The van der Waals surface area contributed by atoms with E-state index in [9.17, 15) is 14.0 Å². The molecule has 0 atom stereocenters. The Morgan fingerprint density at radius 1 is 1.08 bits per heavy atom. The molecular weight excluding hydrogens is 323 g/mol. The fourth-order valence-electron chi connectivity index (χ4n) is 2.29.